The predicted molar refractivity (Wildman–Crippen MR) is 78.6 cm³/mol. The van der Waals surface area contributed by atoms with E-state index in [1.165, 1.54) is 13.2 Å². The molecule has 2 N–H and O–H groups in total. The van der Waals surface area contributed by atoms with E-state index >= 15 is 0 Å². The first-order chi connectivity index (χ1) is 9.63. The Kier molecular flexibility index (Phi) is 4.90. The third-order valence-corrected chi connectivity index (χ3v) is 3.17. The second-order valence-electron chi connectivity index (χ2n) is 4.15. The van der Waals surface area contributed by atoms with Gasteiger partial charge in [0.2, 0.25) is 0 Å². The van der Waals surface area contributed by atoms with Crippen molar-refractivity contribution >= 4 is 24.2 Å². The highest BCUT2D eigenvalue weighted by Crippen LogP contribution is 2.32. The van der Waals surface area contributed by atoms with Crippen LogP contribution in [0.15, 0.2) is 42.5 Å². The van der Waals surface area contributed by atoms with Gasteiger partial charge in [-0.25, -0.2) is 0 Å². The monoisotopic (exact) mass is 292 g/mol. The molecule has 0 heterocycles. The number of methoxy groups -OCH3 is 1. The van der Waals surface area contributed by atoms with Gasteiger partial charge >= 0.3 is 7.12 Å². The number of rotatable bonds is 5. The van der Waals surface area contributed by atoms with E-state index in [9.17, 15) is 10.0 Å². The predicted octanol–water partition coefficient (Wildman–Crippen LogP) is 1.61. The normalized spacial score (nSPS) is 10.2. The fourth-order valence-corrected chi connectivity index (χ4v) is 2.09. The van der Waals surface area contributed by atoms with Crippen LogP contribution in [0.3, 0.4) is 0 Å². The van der Waals surface area contributed by atoms with Gasteiger partial charge in [-0.05, 0) is 11.6 Å². The maximum atomic E-state index is 9.37. The fraction of sp³-hybridized carbons (Fsp3) is 0.143. The van der Waals surface area contributed by atoms with Crippen molar-refractivity contribution in [2.75, 3.05) is 7.11 Å². The largest absolute Gasteiger partial charge is 0.495 e. The highest BCUT2D eigenvalue weighted by Gasteiger charge is 2.22. The molecule has 0 fully saturated rings. The van der Waals surface area contributed by atoms with Gasteiger partial charge in [-0.3, -0.25) is 0 Å². The molecule has 0 unspecified atom stereocenters. The average molecular weight is 293 g/mol. The average Bonchev–Trinajstić information content (AvgIpc) is 2.46. The summed E-state index contributed by atoms with van der Waals surface area (Å²) in [5.41, 5.74) is 1.15. The van der Waals surface area contributed by atoms with Crippen LogP contribution in [0.1, 0.15) is 5.56 Å². The summed E-state index contributed by atoms with van der Waals surface area (Å²) in [4.78, 5) is 0. The minimum Gasteiger partial charge on any atom is -0.495 e. The van der Waals surface area contributed by atoms with Gasteiger partial charge in [0.1, 0.15) is 23.1 Å². The summed E-state index contributed by atoms with van der Waals surface area (Å²) in [5.74, 6) is 0.629. The smallest absolute Gasteiger partial charge is 0.492 e. The Bertz CT molecular complexity index is 575. The first kappa shape index (κ1) is 14.7. The van der Waals surface area contributed by atoms with Crippen molar-refractivity contribution in [1.29, 1.82) is 0 Å². The van der Waals surface area contributed by atoms with E-state index in [1.807, 2.05) is 30.3 Å². The molecule has 0 aliphatic rings. The number of benzene rings is 2. The van der Waals surface area contributed by atoms with E-state index in [1.54, 1.807) is 6.07 Å². The van der Waals surface area contributed by atoms with Crippen LogP contribution < -0.4 is 14.9 Å². The van der Waals surface area contributed by atoms with Crippen LogP contribution in [0, 0.1) is 0 Å². The van der Waals surface area contributed by atoms with Gasteiger partial charge in [-0.2, -0.15) is 0 Å². The van der Waals surface area contributed by atoms with Gasteiger partial charge < -0.3 is 19.5 Å². The van der Waals surface area contributed by atoms with Crippen molar-refractivity contribution in [3.05, 3.63) is 53.1 Å². The van der Waals surface area contributed by atoms with Crippen LogP contribution in [-0.2, 0) is 6.61 Å². The Morgan fingerprint density at radius 3 is 2.40 bits per heavy atom. The molecule has 0 aliphatic heterocycles. The summed E-state index contributed by atoms with van der Waals surface area (Å²) < 4.78 is 10.7. The number of hydrogen-bond acceptors (Lipinski definition) is 4. The van der Waals surface area contributed by atoms with E-state index in [4.69, 9.17) is 21.1 Å². The van der Waals surface area contributed by atoms with Crippen LogP contribution >= 0.6 is 11.6 Å². The Hall–Kier alpha value is -1.69. The zero-order valence-electron chi connectivity index (χ0n) is 10.9. The van der Waals surface area contributed by atoms with Gasteiger partial charge in [0.25, 0.3) is 0 Å². The second-order valence-corrected chi connectivity index (χ2v) is 4.53. The van der Waals surface area contributed by atoms with Crippen molar-refractivity contribution in [2.24, 2.45) is 0 Å². The minimum absolute atomic E-state index is 0.201. The van der Waals surface area contributed by atoms with Crippen LogP contribution in [-0.4, -0.2) is 24.3 Å². The molecule has 0 aromatic heterocycles. The van der Waals surface area contributed by atoms with Crippen molar-refractivity contribution in [2.45, 2.75) is 6.61 Å². The summed E-state index contributed by atoms with van der Waals surface area (Å²) in [7, 11) is -0.179. The van der Waals surface area contributed by atoms with E-state index in [0.29, 0.717) is 5.75 Å². The van der Waals surface area contributed by atoms with Crippen LogP contribution in [0.5, 0.6) is 11.5 Å². The van der Waals surface area contributed by atoms with Gasteiger partial charge in [0.05, 0.1) is 7.11 Å². The van der Waals surface area contributed by atoms with Crippen LogP contribution in [0.25, 0.3) is 0 Å². The zero-order valence-corrected chi connectivity index (χ0v) is 11.7. The molecule has 0 bridgehead atoms. The van der Waals surface area contributed by atoms with Gasteiger partial charge in [0.15, 0.2) is 0 Å². The van der Waals surface area contributed by atoms with E-state index in [0.717, 1.165) is 5.56 Å². The lowest BCUT2D eigenvalue weighted by Gasteiger charge is -2.15. The molecular weight excluding hydrogens is 278 g/mol. The maximum absolute atomic E-state index is 9.37. The summed E-state index contributed by atoms with van der Waals surface area (Å²) in [6.07, 6.45) is 0. The molecule has 104 valence electrons. The molecule has 2 aromatic carbocycles. The van der Waals surface area contributed by atoms with Crippen molar-refractivity contribution in [3.63, 3.8) is 0 Å². The molecule has 0 saturated heterocycles. The molecule has 0 amide bonds. The first-order valence-corrected chi connectivity index (χ1v) is 6.40. The van der Waals surface area contributed by atoms with Crippen molar-refractivity contribution < 1.29 is 19.5 Å². The topological polar surface area (TPSA) is 58.9 Å². The highest BCUT2D eigenvalue weighted by atomic mass is 35.5. The van der Waals surface area contributed by atoms with E-state index in [-0.39, 0.29) is 22.8 Å². The molecule has 2 aromatic rings. The van der Waals surface area contributed by atoms with Crippen LogP contribution in [0.2, 0.25) is 5.02 Å². The molecule has 20 heavy (non-hydrogen) atoms. The Morgan fingerprint density at radius 1 is 1.10 bits per heavy atom. The Balaban J connectivity index is 2.29. The van der Waals surface area contributed by atoms with Gasteiger partial charge in [-0.15, -0.1) is 0 Å². The number of ether oxygens (including phenoxy) is 2. The highest BCUT2D eigenvalue weighted by molar-refractivity contribution is 6.60. The van der Waals surface area contributed by atoms with E-state index in [2.05, 4.69) is 0 Å². The molecule has 0 spiro atoms. The molecule has 0 saturated carbocycles. The third kappa shape index (κ3) is 3.25. The van der Waals surface area contributed by atoms with E-state index < -0.39 is 7.12 Å². The molecule has 4 nitrogen and oxygen atoms in total. The van der Waals surface area contributed by atoms with Crippen LogP contribution in [0.4, 0.5) is 0 Å². The third-order valence-electron chi connectivity index (χ3n) is 2.82. The summed E-state index contributed by atoms with van der Waals surface area (Å²) >= 11 is 6.15. The lowest BCUT2D eigenvalue weighted by Crippen LogP contribution is -2.31. The van der Waals surface area contributed by atoms with Gasteiger partial charge in [-0.1, -0.05) is 48.0 Å². The lowest BCUT2D eigenvalue weighted by molar-refractivity contribution is 0.304. The minimum atomic E-state index is -1.66. The maximum Gasteiger partial charge on any atom is 0.492 e. The molecule has 0 radical (unpaired) electrons. The Morgan fingerprint density at radius 2 is 1.80 bits per heavy atom. The van der Waals surface area contributed by atoms with Crippen molar-refractivity contribution in [1.82, 2.24) is 0 Å². The molecule has 6 heteroatoms. The number of halogens is 1. The zero-order chi connectivity index (χ0) is 14.5. The quantitative estimate of drug-likeness (QED) is 0.822. The van der Waals surface area contributed by atoms with Gasteiger partial charge in [0, 0.05) is 5.46 Å². The summed E-state index contributed by atoms with van der Waals surface area (Å²) in [5, 5.41) is 18.9. The molecule has 2 rings (SSSR count). The molecular formula is C14H14BClO4. The molecule has 0 atom stereocenters. The molecule has 0 aliphatic carbocycles. The fourth-order valence-electron chi connectivity index (χ4n) is 1.79. The second kappa shape index (κ2) is 6.66. The first-order valence-electron chi connectivity index (χ1n) is 6.02. The Labute approximate surface area is 122 Å². The standard InChI is InChI=1S/C14H14BClO4/c1-19-12-8-7-11(15(17)18)14(13(12)16)20-9-10-5-3-2-4-6-10/h2-8,17-18H,9H2,1H3. The summed E-state index contributed by atoms with van der Waals surface area (Å²) in [6.45, 7) is 0.271. The SMILES string of the molecule is COc1ccc(B(O)O)c(OCc2ccccc2)c1Cl. The van der Waals surface area contributed by atoms with Crippen molar-refractivity contribution in [3.8, 4) is 11.5 Å². The lowest BCUT2D eigenvalue weighted by atomic mass is 9.79. The number of hydrogen-bond donors (Lipinski definition) is 2. The summed E-state index contributed by atoms with van der Waals surface area (Å²) in [6, 6.07) is 12.6.